The zero-order valence-electron chi connectivity index (χ0n) is 11.2. The lowest BCUT2D eigenvalue weighted by Gasteiger charge is -2.07. The first kappa shape index (κ1) is 12.9. The van der Waals surface area contributed by atoms with Crippen molar-refractivity contribution in [1.82, 2.24) is 24.3 Å². The van der Waals surface area contributed by atoms with E-state index in [2.05, 4.69) is 15.2 Å². The summed E-state index contributed by atoms with van der Waals surface area (Å²) in [4.78, 5) is 4.54. The highest BCUT2D eigenvalue weighted by Crippen LogP contribution is 2.23. The van der Waals surface area contributed by atoms with Crippen LogP contribution >= 0.6 is 11.6 Å². The Balaban J connectivity index is 2.10. The van der Waals surface area contributed by atoms with E-state index in [0.29, 0.717) is 12.4 Å². The lowest BCUT2D eigenvalue weighted by atomic mass is 10.3. The average Bonchev–Trinajstić information content (AvgIpc) is 3.03. The molecule has 20 heavy (non-hydrogen) atoms. The van der Waals surface area contributed by atoms with Gasteiger partial charge in [-0.3, -0.25) is 0 Å². The third-order valence-electron chi connectivity index (χ3n) is 3.26. The molecule has 0 spiro atoms. The lowest BCUT2D eigenvalue weighted by Crippen LogP contribution is -2.08. The van der Waals surface area contributed by atoms with Crippen LogP contribution in [0.25, 0.3) is 11.0 Å². The molecule has 6 nitrogen and oxygen atoms in total. The molecule has 2 aromatic heterocycles. The van der Waals surface area contributed by atoms with E-state index in [1.165, 1.54) is 0 Å². The van der Waals surface area contributed by atoms with Gasteiger partial charge in [0, 0.05) is 13.1 Å². The summed E-state index contributed by atoms with van der Waals surface area (Å²) >= 11 is 6.00. The third kappa shape index (κ3) is 2.12. The number of benzene rings is 1. The molecular formula is C13H14ClN5O. The molecule has 3 rings (SSSR count). The van der Waals surface area contributed by atoms with Crippen LogP contribution in [0.3, 0.4) is 0 Å². The first-order valence-corrected chi connectivity index (χ1v) is 6.68. The Morgan fingerprint density at radius 2 is 2.15 bits per heavy atom. The fraction of sp³-hybridized carbons (Fsp3) is 0.308. The molecular weight excluding hydrogens is 278 g/mol. The van der Waals surface area contributed by atoms with Gasteiger partial charge < -0.3 is 13.9 Å². The van der Waals surface area contributed by atoms with Crippen LogP contribution in [0.2, 0.25) is 0 Å². The van der Waals surface area contributed by atoms with Crippen LogP contribution in [0.1, 0.15) is 11.6 Å². The van der Waals surface area contributed by atoms with Gasteiger partial charge in [0.25, 0.3) is 0 Å². The first-order chi connectivity index (χ1) is 9.72. The molecule has 104 valence electrons. The van der Waals surface area contributed by atoms with E-state index >= 15 is 0 Å². The second-order valence-corrected chi connectivity index (χ2v) is 4.73. The zero-order valence-corrected chi connectivity index (χ0v) is 12.0. The van der Waals surface area contributed by atoms with E-state index in [0.717, 1.165) is 28.4 Å². The summed E-state index contributed by atoms with van der Waals surface area (Å²) in [6.45, 7) is 0.585. The van der Waals surface area contributed by atoms with Crippen LogP contribution in [0.5, 0.6) is 5.75 Å². The van der Waals surface area contributed by atoms with Gasteiger partial charge in [-0.1, -0.05) is 0 Å². The Kier molecular flexibility index (Phi) is 3.31. The molecule has 3 aromatic rings. The maximum absolute atomic E-state index is 6.00. The fourth-order valence-corrected chi connectivity index (χ4v) is 2.36. The molecule has 0 fully saturated rings. The second-order valence-electron chi connectivity index (χ2n) is 4.46. The van der Waals surface area contributed by atoms with Gasteiger partial charge in [0.15, 0.2) is 5.82 Å². The molecule has 0 aliphatic rings. The number of methoxy groups -OCH3 is 1. The van der Waals surface area contributed by atoms with Gasteiger partial charge in [-0.15, -0.1) is 21.8 Å². The number of nitrogens with zero attached hydrogens (tertiary/aromatic N) is 5. The molecule has 0 saturated heterocycles. The van der Waals surface area contributed by atoms with Crippen LogP contribution in [-0.4, -0.2) is 31.4 Å². The van der Waals surface area contributed by atoms with Crippen LogP contribution < -0.4 is 4.74 Å². The number of alkyl halides is 1. The highest BCUT2D eigenvalue weighted by Gasteiger charge is 2.13. The molecule has 0 radical (unpaired) electrons. The molecule has 7 heteroatoms. The number of halogens is 1. The molecule has 0 atom stereocenters. The summed E-state index contributed by atoms with van der Waals surface area (Å²) in [6, 6.07) is 5.79. The Bertz CT molecular complexity index is 748. The third-order valence-corrected chi connectivity index (χ3v) is 3.50. The molecule has 0 aliphatic carbocycles. The van der Waals surface area contributed by atoms with Gasteiger partial charge in [-0.25, -0.2) is 4.98 Å². The normalized spacial score (nSPS) is 11.2. The number of imidazole rings is 1. The predicted molar refractivity (Wildman–Crippen MR) is 75.9 cm³/mol. The van der Waals surface area contributed by atoms with Gasteiger partial charge >= 0.3 is 0 Å². The van der Waals surface area contributed by atoms with E-state index in [4.69, 9.17) is 16.3 Å². The average molecular weight is 292 g/mol. The number of aryl methyl sites for hydroxylation is 1. The van der Waals surface area contributed by atoms with Crippen molar-refractivity contribution in [3.63, 3.8) is 0 Å². The van der Waals surface area contributed by atoms with Gasteiger partial charge in [0.2, 0.25) is 0 Å². The fourth-order valence-electron chi connectivity index (χ4n) is 2.16. The minimum Gasteiger partial charge on any atom is -0.497 e. The molecule has 0 N–H and O–H groups in total. The predicted octanol–water partition coefficient (Wildman–Crippen LogP) is 1.96. The lowest BCUT2D eigenvalue weighted by molar-refractivity contribution is 0.415. The Morgan fingerprint density at radius 1 is 1.30 bits per heavy atom. The molecule has 0 saturated carbocycles. The molecule has 0 unspecified atom stereocenters. The van der Waals surface area contributed by atoms with E-state index in [9.17, 15) is 0 Å². The van der Waals surface area contributed by atoms with Crippen molar-refractivity contribution in [2.75, 3.05) is 7.11 Å². The number of aromatic nitrogens is 5. The second kappa shape index (κ2) is 5.13. The number of ether oxygens (including phenoxy) is 1. The van der Waals surface area contributed by atoms with Gasteiger partial charge in [-0.2, -0.15) is 0 Å². The number of hydrogen-bond donors (Lipinski definition) is 0. The molecule has 0 bridgehead atoms. The van der Waals surface area contributed by atoms with E-state index in [1.54, 1.807) is 13.4 Å². The summed E-state index contributed by atoms with van der Waals surface area (Å²) < 4.78 is 9.15. The van der Waals surface area contributed by atoms with Crippen LogP contribution in [-0.2, 0) is 19.5 Å². The van der Waals surface area contributed by atoms with Crippen molar-refractivity contribution < 1.29 is 4.74 Å². The summed E-state index contributed by atoms with van der Waals surface area (Å²) in [5.74, 6) is 2.78. The highest BCUT2D eigenvalue weighted by molar-refractivity contribution is 6.16. The Hall–Kier alpha value is -2.08. The Labute approximate surface area is 121 Å². The Morgan fingerprint density at radius 3 is 2.80 bits per heavy atom. The summed E-state index contributed by atoms with van der Waals surface area (Å²) in [7, 11) is 3.55. The van der Waals surface area contributed by atoms with Gasteiger partial charge in [0.05, 0.1) is 30.6 Å². The zero-order chi connectivity index (χ0) is 14.1. The van der Waals surface area contributed by atoms with Crippen molar-refractivity contribution in [3.8, 4) is 5.75 Å². The number of fused-ring (bicyclic) bond motifs is 1. The molecule has 0 aliphatic heterocycles. The summed E-state index contributed by atoms with van der Waals surface area (Å²) in [6.07, 6.45) is 1.68. The van der Waals surface area contributed by atoms with Crippen LogP contribution in [0.4, 0.5) is 0 Å². The van der Waals surface area contributed by atoms with Gasteiger partial charge in [0.1, 0.15) is 17.9 Å². The quantitative estimate of drug-likeness (QED) is 0.690. The SMILES string of the molecule is COc1ccc2c(c1)nc(CCl)n2Cc1nncn1C. The summed E-state index contributed by atoms with van der Waals surface area (Å²) in [5.41, 5.74) is 1.87. The van der Waals surface area contributed by atoms with Crippen molar-refractivity contribution in [2.24, 2.45) is 7.05 Å². The van der Waals surface area contributed by atoms with E-state index in [-0.39, 0.29) is 0 Å². The van der Waals surface area contributed by atoms with Gasteiger partial charge in [-0.05, 0) is 12.1 Å². The number of hydrogen-bond acceptors (Lipinski definition) is 4. The smallest absolute Gasteiger partial charge is 0.152 e. The van der Waals surface area contributed by atoms with Crippen LogP contribution in [0.15, 0.2) is 24.5 Å². The molecule has 1 aromatic carbocycles. The molecule has 0 amide bonds. The number of rotatable bonds is 4. The van der Waals surface area contributed by atoms with Crippen molar-refractivity contribution in [1.29, 1.82) is 0 Å². The monoisotopic (exact) mass is 291 g/mol. The minimum atomic E-state index is 0.342. The highest BCUT2D eigenvalue weighted by atomic mass is 35.5. The topological polar surface area (TPSA) is 57.8 Å². The van der Waals surface area contributed by atoms with Crippen molar-refractivity contribution >= 4 is 22.6 Å². The maximum Gasteiger partial charge on any atom is 0.152 e. The van der Waals surface area contributed by atoms with Crippen molar-refractivity contribution in [3.05, 3.63) is 36.2 Å². The first-order valence-electron chi connectivity index (χ1n) is 6.15. The summed E-state index contributed by atoms with van der Waals surface area (Å²) in [5, 5.41) is 7.99. The van der Waals surface area contributed by atoms with E-state index in [1.807, 2.05) is 34.4 Å². The largest absolute Gasteiger partial charge is 0.497 e. The van der Waals surface area contributed by atoms with Crippen molar-refractivity contribution in [2.45, 2.75) is 12.4 Å². The van der Waals surface area contributed by atoms with Crippen LogP contribution in [0, 0.1) is 0 Å². The maximum atomic E-state index is 6.00. The standard InChI is InChI=1S/C13H14ClN5O/c1-18-8-15-17-13(18)7-19-11-4-3-9(20-2)5-10(11)16-12(19)6-14/h3-5,8H,6-7H2,1-2H3. The minimum absolute atomic E-state index is 0.342. The molecule has 2 heterocycles. The van der Waals surface area contributed by atoms with E-state index < -0.39 is 0 Å².